The second kappa shape index (κ2) is 12.9. The van der Waals surface area contributed by atoms with Gasteiger partial charge in [0.1, 0.15) is 17.9 Å². The Bertz CT molecular complexity index is 1900. The quantitative estimate of drug-likeness (QED) is 0.225. The van der Waals surface area contributed by atoms with E-state index in [1.165, 1.54) is 28.1 Å². The van der Waals surface area contributed by atoms with Gasteiger partial charge in [-0.05, 0) is 49.1 Å². The SMILES string of the molecule is C[C@@]1(Cc2ccc(-c3cncnc3)cc2)C(=O)N(c2cc(Cl)cc(Cl)c2)c2ncc(S(=O)(=O)N3CCC[C@H]3C(=O)NC(CO)CO)n21. The molecule has 2 amide bonds. The fourth-order valence-electron chi connectivity index (χ4n) is 6.13. The largest absolute Gasteiger partial charge is 0.394 e. The maximum atomic E-state index is 14.5. The zero-order chi connectivity index (χ0) is 33.5. The first-order chi connectivity index (χ1) is 22.5. The number of nitrogens with zero attached hydrogens (tertiary/aromatic N) is 6. The number of aliphatic hydroxyl groups is 2. The molecule has 16 heteroatoms. The summed E-state index contributed by atoms with van der Waals surface area (Å²) in [5.74, 6) is -1.05. The Morgan fingerprint density at radius 3 is 2.34 bits per heavy atom. The van der Waals surface area contributed by atoms with Crippen LogP contribution in [0.1, 0.15) is 25.3 Å². The van der Waals surface area contributed by atoms with Crippen molar-refractivity contribution in [1.29, 1.82) is 0 Å². The fraction of sp³-hybridized carbons (Fsp3) is 0.323. The Morgan fingerprint density at radius 1 is 1.04 bits per heavy atom. The van der Waals surface area contributed by atoms with Gasteiger partial charge in [-0.2, -0.15) is 4.31 Å². The number of imidazole rings is 1. The average Bonchev–Trinajstić information content (AvgIpc) is 3.77. The highest BCUT2D eigenvalue weighted by Gasteiger charge is 2.53. The van der Waals surface area contributed by atoms with E-state index in [1.807, 2.05) is 24.3 Å². The molecule has 2 atom stereocenters. The van der Waals surface area contributed by atoms with Crippen molar-refractivity contribution in [3.63, 3.8) is 0 Å². The molecule has 6 rings (SSSR count). The molecule has 0 spiro atoms. The number of sulfonamides is 1. The number of aromatic nitrogens is 4. The smallest absolute Gasteiger partial charge is 0.261 e. The van der Waals surface area contributed by atoms with E-state index in [1.54, 1.807) is 31.5 Å². The molecule has 2 aromatic carbocycles. The first-order valence-electron chi connectivity index (χ1n) is 14.7. The van der Waals surface area contributed by atoms with Gasteiger partial charge in [0, 0.05) is 41.0 Å². The number of carbonyl (C=O) groups excluding carboxylic acids is 2. The molecule has 0 radical (unpaired) electrons. The summed E-state index contributed by atoms with van der Waals surface area (Å²) in [5, 5.41) is 21.7. The molecular weight excluding hydrogens is 669 g/mol. The summed E-state index contributed by atoms with van der Waals surface area (Å²) < 4.78 is 31.3. The molecule has 4 heterocycles. The van der Waals surface area contributed by atoms with Crippen LogP contribution in [0.5, 0.6) is 0 Å². The first kappa shape index (κ1) is 33.0. The molecular formula is C31H31Cl2N7O6S. The van der Waals surface area contributed by atoms with E-state index in [2.05, 4.69) is 20.3 Å². The number of aliphatic hydroxyl groups excluding tert-OH is 2. The number of carbonyl (C=O) groups is 2. The van der Waals surface area contributed by atoms with Crippen LogP contribution in [0.2, 0.25) is 10.0 Å². The van der Waals surface area contributed by atoms with Crippen LogP contribution in [0.25, 0.3) is 11.1 Å². The molecule has 0 saturated carbocycles. The highest BCUT2D eigenvalue weighted by Crippen LogP contribution is 2.45. The van der Waals surface area contributed by atoms with E-state index in [0.717, 1.165) is 21.0 Å². The fourth-order valence-corrected chi connectivity index (χ4v) is 8.49. The molecule has 2 aliphatic heterocycles. The van der Waals surface area contributed by atoms with Gasteiger partial charge in [0.15, 0.2) is 5.03 Å². The van der Waals surface area contributed by atoms with Gasteiger partial charge in [-0.3, -0.25) is 14.2 Å². The van der Waals surface area contributed by atoms with Crippen LogP contribution < -0.4 is 10.2 Å². The highest BCUT2D eigenvalue weighted by atomic mass is 35.5. The molecule has 2 aromatic heterocycles. The topological polar surface area (TPSA) is 171 Å². The Hall–Kier alpha value is -3.92. The first-order valence-corrected chi connectivity index (χ1v) is 16.9. The third-order valence-electron chi connectivity index (χ3n) is 8.44. The minimum absolute atomic E-state index is 0.0484. The number of rotatable bonds is 10. The number of hydrogen-bond donors (Lipinski definition) is 3. The van der Waals surface area contributed by atoms with Crippen LogP contribution in [0.15, 0.2) is 72.4 Å². The van der Waals surface area contributed by atoms with Crippen molar-refractivity contribution in [1.82, 2.24) is 29.1 Å². The maximum absolute atomic E-state index is 14.5. The third-order valence-corrected chi connectivity index (χ3v) is 10.7. The lowest BCUT2D eigenvalue weighted by Crippen LogP contribution is -2.51. The molecule has 246 valence electrons. The van der Waals surface area contributed by atoms with E-state index in [9.17, 15) is 28.2 Å². The lowest BCUT2D eigenvalue weighted by Gasteiger charge is -2.29. The molecule has 1 saturated heterocycles. The van der Waals surface area contributed by atoms with Gasteiger partial charge >= 0.3 is 0 Å². The van der Waals surface area contributed by atoms with Gasteiger partial charge in [-0.25, -0.2) is 28.3 Å². The zero-order valence-electron chi connectivity index (χ0n) is 25.1. The summed E-state index contributed by atoms with van der Waals surface area (Å²) in [6.45, 7) is 0.669. The second-order valence-corrected chi connectivity index (χ2v) is 14.3. The number of amides is 2. The molecule has 4 aromatic rings. The van der Waals surface area contributed by atoms with Crippen LogP contribution in [-0.2, 0) is 31.6 Å². The Labute approximate surface area is 280 Å². The van der Waals surface area contributed by atoms with Crippen molar-refractivity contribution in [2.24, 2.45) is 0 Å². The summed E-state index contributed by atoms with van der Waals surface area (Å²) >= 11 is 12.6. The van der Waals surface area contributed by atoms with Gasteiger partial charge in [-0.1, -0.05) is 47.5 Å². The number of fused-ring (bicyclic) bond motifs is 1. The van der Waals surface area contributed by atoms with Crippen LogP contribution in [0, 0.1) is 0 Å². The van der Waals surface area contributed by atoms with Crippen molar-refractivity contribution in [2.75, 3.05) is 24.7 Å². The summed E-state index contributed by atoms with van der Waals surface area (Å²) in [4.78, 5) is 41.4. The van der Waals surface area contributed by atoms with Crippen molar-refractivity contribution < 1.29 is 28.2 Å². The number of halogens is 2. The van der Waals surface area contributed by atoms with Gasteiger partial charge in [-0.15, -0.1) is 0 Å². The van der Waals surface area contributed by atoms with E-state index < -0.39 is 52.7 Å². The summed E-state index contributed by atoms with van der Waals surface area (Å²) in [7, 11) is -4.41. The Kier molecular flexibility index (Phi) is 9.09. The predicted molar refractivity (Wildman–Crippen MR) is 174 cm³/mol. The average molecular weight is 701 g/mol. The van der Waals surface area contributed by atoms with Gasteiger partial charge in [0.2, 0.25) is 11.9 Å². The Balaban J connectivity index is 1.42. The monoisotopic (exact) mass is 699 g/mol. The molecule has 0 unspecified atom stereocenters. The summed E-state index contributed by atoms with van der Waals surface area (Å²) in [5.41, 5.74) is 1.24. The molecule has 3 N–H and O–H groups in total. The second-order valence-electron chi connectivity index (χ2n) is 11.6. The van der Waals surface area contributed by atoms with E-state index >= 15 is 0 Å². The lowest BCUT2D eigenvalue weighted by molar-refractivity contribution is -0.126. The molecule has 0 bridgehead atoms. The minimum atomic E-state index is -4.41. The number of anilines is 2. The van der Waals surface area contributed by atoms with Crippen LogP contribution in [-0.4, -0.2) is 86.1 Å². The van der Waals surface area contributed by atoms with E-state index in [4.69, 9.17) is 23.2 Å². The number of nitrogens with one attached hydrogen (secondary N) is 1. The van der Waals surface area contributed by atoms with Crippen LogP contribution in [0.4, 0.5) is 11.6 Å². The molecule has 0 aliphatic carbocycles. The van der Waals surface area contributed by atoms with Gasteiger partial charge in [0.05, 0.1) is 31.1 Å². The molecule has 1 fully saturated rings. The molecule has 2 aliphatic rings. The maximum Gasteiger partial charge on any atom is 0.261 e. The third kappa shape index (κ3) is 6.01. The normalized spacial score (nSPS) is 19.8. The van der Waals surface area contributed by atoms with E-state index in [-0.39, 0.29) is 40.4 Å². The van der Waals surface area contributed by atoms with Crippen molar-refractivity contribution >= 4 is 56.7 Å². The zero-order valence-corrected chi connectivity index (χ0v) is 27.5. The summed E-state index contributed by atoms with van der Waals surface area (Å²) in [6.07, 6.45) is 6.73. The summed E-state index contributed by atoms with van der Waals surface area (Å²) in [6, 6.07) is 10.0. The molecule has 13 nitrogen and oxygen atoms in total. The predicted octanol–water partition coefficient (Wildman–Crippen LogP) is 2.91. The van der Waals surface area contributed by atoms with Crippen molar-refractivity contribution in [3.05, 3.63) is 83.0 Å². The number of benzene rings is 2. The highest BCUT2D eigenvalue weighted by molar-refractivity contribution is 7.89. The molecule has 47 heavy (non-hydrogen) atoms. The van der Waals surface area contributed by atoms with E-state index in [0.29, 0.717) is 12.1 Å². The van der Waals surface area contributed by atoms with Crippen molar-refractivity contribution in [3.8, 4) is 11.1 Å². The van der Waals surface area contributed by atoms with Crippen LogP contribution in [0.3, 0.4) is 0 Å². The number of hydrogen-bond acceptors (Lipinski definition) is 9. The standard InChI is InChI=1S/C31H31Cl2N7O6S/c1-31(12-19-4-6-20(7-5-19)21-13-34-18-35-14-21)29(44)39(25-10-22(32)9-23(33)11-25)30-36-15-27(40(30)31)47(45,46)38-8-2-3-26(38)28(43)37-24(16-41)17-42/h4-7,9-11,13-15,18,24,26,41-42H,2-3,8,12,16-17H2,1H3,(H,37,43)/t26-,31+/m0/s1. The minimum Gasteiger partial charge on any atom is -0.394 e. The Morgan fingerprint density at radius 2 is 1.70 bits per heavy atom. The van der Waals surface area contributed by atoms with Gasteiger partial charge in [0.25, 0.3) is 15.9 Å². The van der Waals surface area contributed by atoms with Crippen LogP contribution >= 0.6 is 23.2 Å². The van der Waals surface area contributed by atoms with Gasteiger partial charge < -0.3 is 15.5 Å². The lowest BCUT2D eigenvalue weighted by atomic mass is 9.91. The van der Waals surface area contributed by atoms with Crippen molar-refractivity contribution in [2.45, 2.75) is 48.8 Å².